The van der Waals surface area contributed by atoms with Crippen LogP contribution in [-0.2, 0) is 25.7 Å². The summed E-state index contributed by atoms with van der Waals surface area (Å²) in [4.78, 5) is 51.4. The Bertz CT molecular complexity index is 935. The first-order chi connectivity index (χ1) is 14.0. The lowest BCUT2D eigenvalue weighted by Crippen LogP contribution is -2.52. The Morgan fingerprint density at radius 3 is 2.76 bits per heavy atom. The number of carbonyl (C=O) groups excluding carboxylic acids is 4. The third-order valence-electron chi connectivity index (χ3n) is 6.55. The number of hydrogen-bond acceptors (Lipinski definition) is 7. The number of aldehydes is 1. The van der Waals surface area contributed by atoms with Crippen LogP contribution in [0.3, 0.4) is 0 Å². The number of ketones is 1. The molecule has 2 N–H and O–H groups in total. The topological polar surface area (TPSA) is 98.8 Å². The maximum Gasteiger partial charge on any atom is 0.243 e. The molecule has 3 saturated heterocycles. The van der Waals surface area contributed by atoms with Crippen molar-refractivity contribution in [2.75, 3.05) is 18.0 Å². The number of fused-ring (bicyclic) bond motifs is 3. The Morgan fingerprint density at radius 2 is 2.10 bits per heavy atom. The van der Waals surface area contributed by atoms with Crippen molar-refractivity contribution in [2.45, 2.75) is 50.0 Å². The number of imide groups is 1. The molecule has 5 rings (SSSR count). The van der Waals surface area contributed by atoms with E-state index >= 15 is 0 Å². The number of nitrogens with zero attached hydrogens (tertiary/aromatic N) is 2. The number of nitrogens with one attached hydrogen (secondary N) is 2. The van der Waals surface area contributed by atoms with Crippen LogP contribution in [-0.4, -0.2) is 60.0 Å². The normalized spacial score (nSPS) is 31.1. The number of benzene rings is 1. The Morgan fingerprint density at radius 1 is 1.28 bits per heavy atom. The van der Waals surface area contributed by atoms with Gasteiger partial charge in [-0.05, 0) is 36.1 Å². The molecule has 4 aliphatic rings. The Kier molecular flexibility index (Phi) is 4.25. The van der Waals surface area contributed by atoms with Crippen LogP contribution in [0.4, 0.5) is 10.1 Å². The van der Waals surface area contributed by atoms with E-state index in [0.717, 1.165) is 13.0 Å². The van der Waals surface area contributed by atoms with E-state index in [4.69, 9.17) is 0 Å². The summed E-state index contributed by atoms with van der Waals surface area (Å²) in [6.45, 7) is 1.67. The highest BCUT2D eigenvalue weighted by atomic mass is 19.1. The molecule has 1 aromatic rings. The minimum atomic E-state index is -0.941. The Hall–Kier alpha value is -2.65. The first-order valence-corrected chi connectivity index (χ1v) is 9.87. The van der Waals surface area contributed by atoms with Crippen molar-refractivity contribution in [1.82, 2.24) is 15.5 Å². The highest BCUT2D eigenvalue weighted by molar-refractivity contribution is 6.27. The van der Waals surface area contributed by atoms with E-state index in [9.17, 15) is 23.6 Å². The van der Waals surface area contributed by atoms with Crippen molar-refractivity contribution < 1.29 is 23.6 Å². The van der Waals surface area contributed by atoms with Gasteiger partial charge in [0.2, 0.25) is 17.6 Å². The van der Waals surface area contributed by atoms with Gasteiger partial charge in [-0.3, -0.25) is 29.4 Å². The molecule has 4 aliphatic heterocycles. The molecule has 4 heterocycles. The van der Waals surface area contributed by atoms with Crippen LogP contribution >= 0.6 is 0 Å². The largest absolute Gasteiger partial charge is 0.363 e. The fourth-order valence-corrected chi connectivity index (χ4v) is 5.22. The minimum Gasteiger partial charge on any atom is -0.363 e. The molecule has 0 spiro atoms. The molecular formula is C20H21FN4O4. The minimum absolute atomic E-state index is 0.161. The second kappa shape index (κ2) is 6.70. The number of halogens is 1. The molecule has 0 saturated carbocycles. The first-order valence-electron chi connectivity index (χ1n) is 9.87. The Balaban J connectivity index is 1.52. The third-order valence-corrected chi connectivity index (χ3v) is 6.55. The highest BCUT2D eigenvalue weighted by Crippen LogP contribution is 2.41. The maximum atomic E-state index is 15.0. The standard InChI is InChI=1S/C20H21FN4O4/c21-14-3-10-7-25(15-1-2-18(28)23-20(15)29)19(17(27)9-26)13(10)5-16(14)24-8-11-4-12(24)6-22-11/h3,5,9,11-12,15,19,22H,1-2,4,6-8H2,(H,23,28,29). The number of piperazine rings is 1. The van der Waals surface area contributed by atoms with Crippen molar-refractivity contribution >= 4 is 29.6 Å². The number of carbonyl (C=O) groups is 4. The number of anilines is 1. The van der Waals surface area contributed by atoms with Gasteiger partial charge in [-0.2, -0.15) is 0 Å². The highest BCUT2D eigenvalue weighted by Gasteiger charge is 2.45. The molecule has 152 valence electrons. The molecule has 0 aliphatic carbocycles. The van der Waals surface area contributed by atoms with Gasteiger partial charge in [0.25, 0.3) is 0 Å². The van der Waals surface area contributed by atoms with Crippen molar-refractivity contribution in [3.8, 4) is 0 Å². The number of rotatable bonds is 4. The van der Waals surface area contributed by atoms with Gasteiger partial charge in [-0.25, -0.2) is 4.39 Å². The maximum absolute atomic E-state index is 15.0. The first kappa shape index (κ1) is 18.4. The van der Waals surface area contributed by atoms with Crippen LogP contribution in [0.1, 0.15) is 36.4 Å². The van der Waals surface area contributed by atoms with Gasteiger partial charge < -0.3 is 10.2 Å². The zero-order chi connectivity index (χ0) is 20.3. The van der Waals surface area contributed by atoms with E-state index in [1.165, 1.54) is 6.07 Å². The number of amides is 2. The molecule has 0 radical (unpaired) electrons. The van der Waals surface area contributed by atoms with E-state index in [1.807, 2.05) is 4.90 Å². The van der Waals surface area contributed by atoms with Gasteiger partial charge in [0, 0.05) is 38.1 Å². The lowest BCUT2D eigenvalue weighted by Gasteiger charge is -2.33. The van der Waals surface area contributed by atoms with Crippen LogP contribution in [0.25, 0.3) is 0 Å². The number of Topliss-reactive ketones (excluding diaryl/α,β-unsaturated/α-hetero) is 1. The third kappa shape index (κ3) is 2.87. The summed E-state index contributed by atoms with van der Waals surface area (Å²) in [5, 5.41) is 5.67. The molecular weight excluding hydrogens is 379 g/mol. The SMILES string of the molecule is O=CC(=O)C1c2cc(N3CC4CC3CN4)c(F)cc2CN1C1CCC(=O)NC1=O. The number of hydrogen-bond donors (Lipinski definition) is 2. The lowest BCUT2D eigenvalue weighted by molar-refractivity contribution is -0.141. The summed E-state index contributed by atoms with van der Waals surface area (Å²) in [6.07, 6.45) is 1.63. The van der Waals surface area contributed by atoms with E-state index < -0.39 is 23.8 Å². The monoisotopic (exact) mass is 400 g/mol. The molecule has 9 heteroatoms. The quantitative estimate of drug-likeness (QED) is 0.411. The average molecular weight is 400 g/mol. The molecule has 1 aromatic carbocycles. The van der Waals surface area contributed by atoms with Crippen molar-refractivity contribution in [3.05, 3.63) is 29.1 Å². The predicted molar refractivity (Wildman–Crippen MR) is 99.5 cm³/mol. The van der Waals surface area contributed by atoms with E-state index in [-0.39, 0.29) is 43.4 Å². The summed E-state index contributed by atoms with van der Waals surface area (Å²) in [5.74, 6) is -1.87. The smallest absolute Gasteiger partial charge is 0.243 e. The summed E-state index contributed by atoms with van der Waals surface area (Å²) in [7, 11) is 0. The fourth-order valence-electron chi connectivity index (χ4n) is 5.22. The molecule has 2 bridgehead atoms. The summed E-state index contributed by atoms with van der Waals surface area (Å²) in [6, 6.07) is 1.97. The zero-order valence-electron chi connectivity index (χ0n) is 15.7. The Labute approximate surface area is 166 Å². The summed E-state index contributed by atoms with van der Waals surface area (Å²) < 4.78 is 15.0. The van der Waals surface area contributed by atoms with Crippen molar-refractivity contribution in [3.63, 3.8) is 0 Å². The van der Waals surface area contributed by atoms with Crippen molar-refractivity contribution in [2.24, 2.45) is 0 Å². The average Bonchev–Trinajstić information content (AvgIpc) is 3.40. The van der Waals surface area contributed by atoms with Crippen LogP contribution in [0.15, 0.2) is 12.1 Å². The van der Waals surface area contributed by atoms with Crippen LogP contribution in [0.5, 0.6) is 0 Å². The van der Waals surface area contributed by atoms with Gasteiger partial charge >= 0.3 is 0 Å². The number of piperidine rings is 1. The van der Waals surface area contributed by atoms with Gasteiger partial charge in [0.1, 0.15) is 11.9 Å². The molecule has 4 atom stereocenters. The summed E-state index contributed by atoms with van der Waals surface area (Å²) in [5.41, 5.74) is 1.60. The molecule has 0 aromatic heterocycles. The summed E-state index contributed by atoms with van der Waals surface area (Å²) >= 11 is 0. The molecule has 2 amide bonds. The van der Waals surface area contributed by atoms with Gasteiger partial charge in [-0.1, -0.05) is 0 Å². The second-order valence-electron chi connectivity index (χ2n) is 8.21. The lowest BCUT2D eigenvalue weighted by atomic mass is 9.98. The zero-order valence-corrected chi connectivity index (χ0v) is 15.7. The van der Waals surface area contributed by atoms with Gasteiger partial charge in [0.15, 0.2) is 6.29 Å². The van der Waals surface area contributed by atoms with Crippen LogP contribution in [0.2, 0.25) is 0 Å². The van der Waals surface area contributed by atoms with Gasteiger partial charge in [-0.15, -0.1) is 0 Å². The molecule has 29 heavy (non-hydrogen) atoms. The predicted octanol–water partition coefficient (Wildman–Crippen LogP) is -0.194. The molecule has 3 fully saturated rings. The van der Waals surface area contributed by atoms with E-state index in [1.54, 1.807) is 11.0 Å². The molecule has 8 nitrogen and oxygen atoms in total. The van der Waals surface area contributed by atoms with Crippen molar-refractivity contribution in [1.29, 1.82) is 0 Å². The molecule has 4 unspecified atom stereocenters. The van der Waals surface area contributed by atoms with Crippen LogP contribution < -0.4 is 15.5 Å². The van der Waals surface area contributed by atoms with E-state index in [2.05, 4.69) is 10.6 Å². The fraction of sp³-hybridized carbons (Fsp3) is 0.500. The second-order valence-corrected chi connectivity index (χ2v) is 8.21. The van der Waals surface area contributed by atoms with Gasteiger partial charge in [0.05, 0.1) is 11.7 Å². The van der Waals surface area contributed by atoms with Crippen LogP contribution in [0, 0.1) is 5.82 Å². The van der Waals surface area contributed by atoms with E-state index in [0.29, 0.717) is 29.4 Å².